The van der Waals surface area contributed by atoms with Gasteiger partial charge in [0.05, 0.1) is 0 Å². The van der Waals surface area contributed by atoms with Gasteiger partial charge in [-0.15, -0.1) is 0 Å². The summed E-state index contributed by atoms with van der Waals surface area (Å²) in [7, 11) is 0. The molecule has 0 atom stereocenters. The maximum absolute atomic E-state index is 5.60. The average Bonchev–Trinajstić information content (AvgIpc) is 2.78. The maximum Gasteiger partial charge on any atom is 0.135 e. The third kappa shape index (κ3) is 1.91. The van der Waals surface area contributed by atoms with Crippen LogP contribution in [0.3, 0.4) is 0 Å². The van der Waals surface area contributed by atoms with Gasteiger partial charge in [0.2, 0.25) is 0 Å². The van der Waals surface area contributed by atoms with E-state index in [4.69, 9.17) is 5.73 Å². The number of H-pyrrole nitrogens is 1. The summed E-state index contributed by atoms with van der Waals surface area (Å²) in [6, 6.07) is 10.4. The van der Waals surface area contributed by atoms with Crippen LogP contribution in [-0.4, -0.2) is 11.7 Å². The number of hydrogen-bond acceptors (Lipinski definition) is 3. The topological polar surface area (TPSA) is 57.4 Å². The zero-order valence-corrected chi connectivity index (χ0v) is 10.4. The Kier molecular flexibility index (Phi) is 2.64. The van der Waals surface area contributed by atoms with Gasteiger partial charge in [0, 0.05) is 29.3 Å². The van der Waals surface area contributed by atoms with Gasteiger partial charge in [-0.2, -0.15) is 0 Å². The number of anilines is 1. The van der Waals surface area contributed by atoms with Crippen LogP contribution in [0.4, 0.5) is 5.69 Å². The maximum atomic E-state index is 5.60. The second-order valence-corrected chi connectivity index (χ2v) is 4.53. The third-order valence-electron chi connectivity index (χ3n) is 3.14. The lowest BCUT2D eigenvalue weighted by Crippen LogP contribution is -2.34. The van der Waals surface area contributed by atoms with Gasteiger partial charge in [-0.05, 0) is 30.7 Å². The Hall–Kier alpha value is -2.07. The number of fused-ring (bicyclic) bond motifs is 1. The van der Waals surface area contributed by atoms with Crippen molar-refractivity contribution in [2.24, 2.45) is 10.7 Å². The highest BCUT2D eigenvalue weighted by atomic mass is 15.2. The molecule has 1 aliphatic rings. The van der Waals surface area contributed by atoms with Crippen molar-refractivity contribution in [2.45, 2.75) is 13.5 Å². The molecule has 4 nitrogen and oxygen atoms in total. The minimum Gasteiger partial charge on any atom is -0.344 e. The highest BCUT2D eigenvalue weighted by Gasteiger charge is 2.07. The predicted molar refractivity (Wildman–Crippen MR) is 72.5 cm³/mol. The van der Waals surface area contributed by atoms with Gasteiger partial charge in [0.1, 0.15) is 12.2 Å². The molecule has 3 rings (SSSR count). The molecule has 1 aromatic carbocycles. The fourth-order valence-corrected chi connectivity index (χ4v) is 2.16. The molecule has 0 spiro atoms. The van der Waals surface area contributed by atoms with E-state index in [9.17, 15) is 0 Å². The van der Waals surface area contributed by atoms with Crippen LogP contribution in [0.1, 0.15) is 11.3 Å². The summed E-state index contributed by atoms with van der Waals surface area (Å²) in [5.41, 5.74) is 10.00. The fourth-order valence-electron chi connectivity index (χ4n) is 2.16. The first-order valence-electron chi connectivity index (χ1n) is 6.04. The van der Waals surface area contributed by atoms with Crippen molar-refractivity contribution in [3.8, 4) is 0 Å². The van der Waals surface area contributed by atoms with E-state index < -0.39 is 0 Å². The molecular formula is C14H16N4. The molecular weight excluding hydrogens is 224 g/mol. The van der Waals surface area contributed by atoms with Crippen LogP contribution in [0, 0.1) is 6.92 Å². The van der Waals surface area contributed by atoms with Crippen molar-refractivity contribution >= 4 is 11.9 Å². The van der Waals surface area contributed by atoms with Crippen molar-refractivity contribution in [1.29, 1.82) is 0 Å². The van der Waals surface area contributed by atoms with E-state index in [1.807, 2.05) is 6.92 Å². The van der Waals surface area contributed by atoms with Gasteiger partial charge in [-0.25, -0.2) is 4.99 Å². The summed E-state index contributed by atoms with van der Waals surface area (Å²) in [5, 5.41) is 1.14. The van der Waals surface area contributed by atoms with E-state index in [0.29, 0.717) is 13.2 Å². The Morgan fingerprint density at radius 3 is 2.83 bits per heavy atom. The van der Waals surface area contributed by atoms with Crippen molar-refractivity contribution < 1.29 is 0 Å². The average molecular weight is 240 g/mol. The lowest BCUT2D eigenvalue weighted by molar-refractivity contribution is 0.914. The third-order valence-corrected chi connectivity index (χ3v) is 3.14. The molecule has 0 saturated heterocycles. The second-order valence-electron chi connectivity index (χ2n) is 4.53. The summed E-state index contributed by atoms with van der Waals surface area (Å²) in [6.45, 7) is 3.27. The number of hydrogen-bond donors (Lipinski definition) is 2. The second kappa shape index (κ2) is 4.31. The Bertz CT molecular complexity index is 667. The SMILES string of the molecule is Cc1cc2c([nH]1)=NCN(c1ccc(CN)cc1)C=2. The summed E-state index contributed by atoms with van der Waals surface area (Å²) in [5.74, 6) is 0. The summed E-state index contributed by atoms with van der Waals surface area (Å²) in [6.07, 6.45) is 2.13. The van der Waals surface area contributed by atoms with Gasteiger partial charge in [-0.1, -0.05) is 12.1 Å². The van der Waals surface area contributed by atoms with Crippen LogP contribution in [0.25, 0.3) is 6.20 Å². The van der Waals surface area contributed by atoms with Crippen molar-refractivity contribution in [3.05, 3.63) is 52.3 Å². The molecule has 3 N–H and O–H groups in total. The quantitative estimate of drug-likeness (QED) is 0.808. The molecule has 0 aliphatic carbocycles. The minimum absolute atomic E-state index is 0.579. The van der Waals surface area contributed by atoms with Gasteiger partial charge in [0.15, 0.2) is 0 Å². The monoisotopic (exact) mass is 240 g/mol. The number of benzene rings is 1. The Labute approximate surface area is 105 Å². The zero-order valence-electron chi connectivity index (χ0n) is 10.4. The van der Waals surface area contributed by atoms with Crippen molar-refractivity contribution in [1.82, 2.24) is 4.98 Å². The Morgan fingerprint density at radius 2 is 2.11 bits per heavy atom. The molecule has 92 valence electrons. The normalized spacial score (nSPS) is 13.8. The smallest absolute Gasteiger partial charge is 0.135 e. The van der Waals surface area contributed by atoms with Crippen LogP contribution in [-0.2, 0) is 6.54 Å². The van der Waals surface area contributed by atoms with Crippen molar-refractivity contribution in [3.63, 3.8) is 0 Å². The van der Waals surface area contributed by atoms with E-state index in [1.165, 1.54) is 0 Å². The van der Waals surface area contributed by atoms with E-state index >= 15 is 0 Å². The number of nitrogens with two attached hydrogens (primary N) is 1. The summed E-state index contributed by atoms with van der Waals surface area (Å²) in [4.78, 5) is 9.91. The molecule has 1 aliphatic heterocycles. The first-order valence-corrected chi connectivity index (χ1v) is 6.04. The first kappa shape index (κ1) is 11.0. The van der Waals surface area contributed by atoms with Gasteiger partial charge in [0.25, 0.3) is 0 Å². The van der Waals surface area contributed by atoms with Gasteiger partial charge < -0.3 is 15.6 Å². The number of aromatic amines is 1. The van der Waals surface area contributed by atoms with Crippen molar-refractivity contribution in [2.75, 3.05) is 11.6 Å². The summed E-state index contributed by atoms with van der Waals surface area (Å²) >= 11 is 0. The highest BCUT2D eigenvalue weighted by Crippen LogP contribution is 2.16. The van der Waals surface area contributed by atoms with E-state index in [1.54, 1.807) is 0 Å². The molecule has 2 heterocycles. The first-order chi connectivity index (χ1) is 8.76. The largest absolute Gasteiger partial charge is 0.344 e. The van der Waals surface area contributed by atoms with Crippen LogP contribution < -0.4 is 21.3 Å². The van der Waals surface area contributed by atoms with E-state index in [0.717, 1.165) is 27.7 Å². The number of aromatic nitrogens is 1. The molecule has 0 amide bonds. The molecule has 0 radical (unpaired) electrons. The van der Waals surface area contributed by atoms with Crippen LogP contribution in [0.5, 0.6) is 0 Å². The standard InChI is InChI=1S/C14H16N4/c1-10-6-12-8-18(9-16-14(12)17-10)13-4-2-11(7-15)3-5-13/h2-6,8H,7,9,15H2,1H3,(H,16,17). The summed E-state index contributed by atoms with van der Waals surface area (Å²) < 4.78 is 0. The lowest BCUT2D eigenvalue weighted by atomic mass is 10.2. The minimum atomic E-state index is 0.579. The molecule has 4 heteroatoms. The highest BCUT2D eigenvalue weighted by molar-refractivity contribution is 5.59. The predicted octanol–water partition coefficient (Wildman–Crippen LogP) is 0.617. The number of nitrogens with zero attached hydrogens (tertiary/aromatic N) is 2. The van der Waals surface area contributed by atoms with Gasteiger partial charge in [-0.3, -0.25) is 0 Å². The number of aryl methyl sites for hydroxylation is 1. The van der Waals surface area contributed by atoms with Gasteiger partial charge >= 0.3 is 0 Å². The molecule has 18 heavy (non-hydrogen) atoms. The fraction of sp³-hybridized carbons (Fsp3) is 0.214. The number of rotatable bonds is 2. The number of nitrogens with one attached hydrogen (secondary N) is 1. The molecule has 0 bridgehead atoms. The van der Waals surface area contributed by atoms with E-state index in [2.05, 4.69) is 51.4 Å². The van der Waals surface area contributed by atoms with Crippen LogP contribution in [0.15, 0.2) is 35.3 Å². The molecule has 1 aromatic heterocycles. The zero-order chi connectivity index (χ0) is 12.5. The molecule has 0 fully saturated rings. The van der Waals surface area contributed by atoms with Crippen LogP contribution >= 0.6 is 0 Å². The van der Waals surface area contributed by atoms with Crippen LogP contribution in [0.2, 0.25) is 0 Å². The van der Waals surface area contributed by atoms with E-state index in [-0.39, 0.29) is 0 Å². The molecule has 0 unspecified atom stereocenters. The lowest BCUT2D eigenvalue weighted by Gasteiger charge is -2.20. The Balaban J connectivity index is 1.97. The molecule has 0 saturated carbocycles. The molecule has 2 aromatic rings. The Morgan fingerprint density at radius 1 is 1.33 bits per heavy atom.